The summed E-state index contributed by atoms with van der Waals surface area (Å²) < 4.78 is 5.49. The zero-order valence-corrected chi connectivity index (χ0v) is 23.8. The fourth-order valence-electron chi connectivity index (χ4n) is 5.83. The summed E-state index contributed by atoms with van der Waals surface area (Å²) in [6, 6.07) is 11.2. The van der Waals surface area contributed by atoms with Crippen LogP contribution < -0.4 is 15.5 Å². The molecule has 0 radical (unpaired) electrons. The molecule has 3 heterocycles. The molecule has 216 valence electrons. The second-order valence-corrected chi connectivity index (χ2v) is 11.5. The third-order valence-electron chi connectivity index (χ3n) is 8.30. The quantitative estimate of drug-likeness (QED) is 0.458. The van der Waals surface area contributed by atoms with Gasteiger partial charge in [0.05, 0.1) is 19.8 Å². The number of hydrogen-bond acceptors (Lipinski definition) is 9. The lowest BCUT2D eigenvalue weighted by Gasteiger charge is -2.35. The molecule has 10 heteroatoms. The molecule has 2 fully saturated rings. The van der Waals surface area contributed by atoms with Crippen LogP contribution in [0.2, 0.25) is 0 Å². The van der Waals surface area contributed by atoms with E-state index in [2.05, 4.69) is 16.7 Å². The average molecular weight is 551 g/mol. The van der Waals surface area contributed by atoms with Gasteiger partial charge in [0.1, 0.15) is 11.5 Å². The Bertz CT molecular complexity index is 1220. The van der Waals surface area contributed by atoms with Crippen molar-refractivity contribution in [1.29, 1.82) is 0 Å². The van der Waals surface area contributed by atoms with Crippen LogP contribution in [0.5, 0.6) is 11.5 Å². The van der Waals surface area contributed by atoms with Gasteiger partial charge in [0, 0.05) is 42.6 Å². The Hall–Kier alpha value is -3.50. The van der Waals surface area contributed by atoms with Gasteiger partial charge in [0.15, 0.2) is 6.17 Å². The molecule has 3 aliphatic heterocycles. The molecule has 1 atom stereocenters. The summed E-state index contributed by atoms with van der Waals surface area (Å²) in [4.78, 5) is 19.3. The maximum absolute atomic E-state index is 12.8. The normalized spacial score (nSPS) is 20.9. The number of phenolic OH excluding ortho intramolecular Hbond substituents is 2. The number of benzene rings is 2. The van der Waals surface area contributed by atoms with E-state index in [9.17, 15) is 15.0 Å². The molecule has 1 amide bonds. The maximum atomic E-state index is 12.8. The molecule has 0 bridgehead atoms. The highest BCUT2D eigenvalue weighted by atomic mass is 16.5. The van der Waals surface area contributed by atoms with Crippen LogP contribution in [0.1, 0.15) is 56.8 Å². The standard InChI is InChI=1S/C30H42N6O4/c1-20(2)24-18-25(27(38)19-26(24)37)30-35(13-12-33-10-8-21(3)9-11-33)32-29(28(31)39)36(30)23-6-4-22(5-7-23)34-14-16-40-17-15-34/h4-7,18-21,30,37-38H,8-17H2,1-3H3,(H2,31,39). The van der Waals surface area contributed by atoms with Crippen molar-refractivity contribution in [2.45, 2.75) is 45.7 Å². The number of nitrogens with zero attached hydrogens (tertiary/aromatic N) is 5. The van der Waals surface area contributed by atoms with E-state index < -0.39 is 12.1 Å². The predicted molar refractivity (Wildman–Crippen MR) is 157 cm³/mol. The molecule has 2 aromatic carbocycles. The lowest BCUT2D eigenvalue weighted by atomic mass is 9.97. The Labute approximate surface area is 236 Å². The molecule has 4 N–H and O–H groups in total. The van der Waals surface area contributed by atoms with Gasteiger partial charge in [-0.1, -0.05) is 20.8 Å². The summed E-state index contributed by atoms with van der Waals surface area (Å²) in [5.74, 6) is 0.228. The zero-order chi connectivity index (χ0) is 28.4. The van der Waals surface area contributed by atoms with Crippen molar-refractivity contribution in [3.05, 3.63) is 47.5 Å². The Morgan fingerprint density at radius 3 is 2.27 bits per heavy atom. The minimum absolute atomic E-state index is 0.0299. The van der Waals surface area contributed by atoms with Gasteiger partial charge in [-0.25, -0.2) is 0 Å². The maximum Gasteiger partial charge on any atom is 0.286 e. The monoisotopic (exact) mass is 550 g/mol. The number of phenols is 2. The molecule has 0 saturated carbocycles. The fraction of sp³-hybridized carbons (Fsp3) is 0.533. The van der Waals surface area contributed by atoms with Crippen molar-refractivity contribution in [1.82, 2.24) is 9.91 Å². The average Bonchev–Trinajstić information content (AvgIpc) is 3.33. The van der Waals surface area contributed by atoms with Crippen LogP contribution in [0.25, 0.3) is 0 Å². The number of ether oxygens (including phenoxy) is 1. The number of aromatic hydroxyl groups is 2. The second kappa shape index (κ2) is 11.9. The number of nitrogens with two attached hydrogens (primary N) is 1. The van der Waals surface area contributed by atoms with Crippen LogP contribution >= 0.6 is 0 Å². The Kier molecular flexibility index (Phi) is 8.37. The summed E-state index contributed by atoms with van der Waals surface area (Å²) in [5, 5.41) is 28.3. The van der Waals surface area contributed by atoms with Crippen LogP contribution in [0.4, 0.5) is 11.4 Å². The van der Waals surface area contributed by atoms with Gasteiger partial charge in [-0.2, -0.15) is 5.10 Å². The van der Waals surface area contributed by atoms with Crippen molar-refractivity contribution in [2.24, 2.45) is 16.8 Å². The molecule has 5 rings (SSSR count). The Balaban J connectivity index is 1.51. The molecule has 40 heavy (non-hydrogen) atoms. The van der Waals surface area contributed by atoms with Crippen molar-refractivity contribution >= 4 is 23.1 Å². The third-order valence-corrected chi connectivity index (χ3v) is 8.30. The first-order chi connectivity index (χ1) is 19.2. The zero-order valence-electron chi connectivity index (χ0n) is 23.8. The molecule has 3 aliphatic rings. The van der Waals surface area contributed by atoms with Crippen LogP contribution in [-0.2, 0) is 9.53 Å². The lowest BCUT2D eigenvalue weighted by molar-refractivity contribution is -0.112. The number of amidine groups is 1. The van der Waals surface area contributed by atoms with E-state index in [4.69, 9.17) is 15.6 Å². The molecule has 0 spiro atoms. The summed E-state index contributed by atoms with van der Waals surface area (Å²) in [6.45, 7) is 12.7. The summed E-state index contributed by atoms with van der Waals surface area (Å²) in [5.41, 5.74) is 8.99. The highest BCUT2D eigenvalue weighted by Crippen LogP contribution is 2.43. The number of morpholine rings is 1. The number of hydrazone groups is 1. The van der Waals surface area contributed by atoms with Gasteiger partial charge < -0.3 is 30.5 Å². The first-order valence-corrected chi connectivity index (χ1v) is 14.4. The van der Waals surface area contributed by atoms with E-state index in [0.717, 1.165) is 62.9 Å². The molecule has 1 unspecified atom stereocenters. The number of anilines is 2. The number of rotatable bonds is 8. The van der Waals surface area contributed by atoms with E-state index in [0.29, 0.717) is 30.9 Å². The Morgan fingerprint density at radius 2 is 1.65 bits per heavy atom. The lowest BCUT2D eigenvalue weighted by Crippen LogP contribution is -2.43. The van der Waals surface area contributed by atoms with Gasteiger partial charge in [-0.05, 0) is 73.7 Å². The molecule has 0 aliphatic carbocycles. The van der Waals surface area contributed by atoms with Crippen LogP contribution in [-0.4, -0.2) is 84.3 Å². The van der Waals surface area contributed by atoms with Gasteiger partial charge >= 0.3 is 0 Å². The number of likely N-dealkylation sites (tertiary alicyclic amines) is 1. The smallest absolute Gasteiger partial charge is 0.286 e. The largest absolute Gasteiger partial charge is 0.508 e. The van der Waals surface area contributed by atoms with Gasteiger partial charge in [0.2, 0.25) is 5.84 Å². The first kappa shape index (κ1) is 28.0. The molecular formula is C30H42N6O4. The second-order valence-electron chi connectivity index (χ2n) is 11.5. The molecular weight excluding hydrogens is 508 g/mol. The van der Waals surface area contributed by atoms with Crippen molar-refractivity contribution < 1.29 is 19.7 Å². The summed E-state index contributed by atoms with van der Waals surface area (Å²) >= 11 is 0. The number of piperidine rings is 1. The molecule has 0 aromatic heterocycles. The number of amides is 1. The van der Waals surface area contributed by atoms with E-state index in [-0.39, 0.29) is 23.3 Å². The first-order valence-electron chi connectivity index (χ1n) is 14.4. The highest BCUT2D eigenvalue weighted by molar-refractivity contribution is 6.43. The summed E-state index contributed by atoms with van der Waals surface area (Å²) in [6.07, 6.45) is 1.72. The molecule has 10 nitrogen and oxygen atoms in total. The van der Waals surface area contributed by atoms with Crippen molar-refractivity contribution in [3.8, 4) is 11.5 Å². The van der Waals surface area contributed by atoms with Crippen LogP contribution in [0, 0.1) is 5.92 Å². The SMILES string of the molecule is CC1CCN(CCN2N=C(C(N)=O)N(c3ccc(N4CCOCC4)cc3)C2c2cc(C(C)C)c(O)cc2O)CC1. The number of carbonyl (C=O) groups excluding carboxylic acids is 1. The Morgan fingerprint density at radius 1 is 1.00 bits per heavy atom. The molecule has 2 saturated heterocycles. The van der Waals surface area contributed by atoms with E-state index in [1.807, 2.05) is 49.2 Å². The third kappa shape index (κ3) is 5.83. The van der Waals surface area contributed by atoms with E-state index in [1.165, 1.54) is 6.07 Å². The van der Waals surface area contributed by atoms with Crippen molar-refractivity contribution in [3.63, 3.8) is 0 Å². The topological polar surface area (TPSA) is 118 Å². The number of hydrogen-bond donors (Lipinski definition) is 3. The number of carbonyl (C=O) groups is 1. The fourth-order valence-corrected chi connectivity index (χ4v) is 5.83. The molecule has 2 aromatic rings. The van der Waals surface area contributed by atoms with Gasteiger partial charge in [0.25, 0.3) is 5.91 Å². The van der Waals surface area contributed by atoms with E-state index in [1.54, 1.807) is 4.90 Å². The minimum Gasteiger partial charge on any atom is -0.508 e. The van der Waals surface area contributed by atoms with Gasteiger partial charge in [-0.15, -0.1) is 0 Å². The van der Waals surface area contributed by atoms with Crippen molar-refractivity contribution in [2.75, 3.05) is 62.3 Å². The van der Waals surface area contributed by atoms with Crippen LogP contribution in [0.3, 0.4) is 0 Å². The summed E-state index contributed by atoms with van der Waals surface area (Å²) in [7, 11) is 0. The van der Waals surface area contributed by atoms with E-state index >= 15 is 0 Å². The van der Waals surface area contributed by atoms with Crippen LogP contribution in [0.15, 0.2) is 41.5 Å². The number of primary amides is 1. The minimum atomic E-state index is -0.640. The predicted octanol–water partition coefficient (Wildman–Crippen LogP) is 3.41. The van der Waals surface area contributed by atoms with Gasteiger partial charge in [-0.3, -0.25) is 14.7 Å². The highest BCUT2D eigenvalue weighted by Gasteiger charge is 2.40.